The summed E-state index contributed by atoms with van der Waals surface area (Å²) in [5.41, 5.74) is -0.354. The van der Waals surface area contributed by atoms with Crippen LogP contribution in [0.2, 0.25) is 0 Å². The van der Waals surface area contributed by atoms with Crippen molar-refractivity contribution in [1.29, 1.82) is 0 Å². The van der Waals surface area contributed by atoms with E-state index >= 15 is 0 Å². The Morgan fingerprint density at radius 1 is 1.73 bits per heavy atom. The fourth-order valence-corrected chi connectivity index (χ4v) is 1.18. The first-order chi connectivity index (χ1) is 5.12. The minimum Gasteiger partial charge on any atom is -0.465 e. The van der Waals surface area contributed by atoms with Crippen molar-refractivity contribution < 1.29 is 14.7 Å². The second kappa shape index (κ2) is 2.53. The monoisotopic (exact) mass is 157 g/mol. The summed E-state index contributed by atoms with van der Waals surface area (Å²) in [6.45, 7) is 0. The molecule has 0 aromatic rings. The van der Waals surface area contributed by atoms with E-state index in [9.17, 15) is 9.59 Å². The number of amides is 1. The van der Waals surface area contributed by atoms with E-state index < -0.39 is 6.09 Å². The van der Waals surface area contributed by atoms with Crippen LogP contribution in [-0.4, -0.2) is 35.0 Å². The van der Waals surface area contributed by atoms with Gasteiger partial charge in [-0.25, -0.2) is 4.79 Å². The molecule has 1 fully saturated rings. The van der Waals surface area contributed by atoms with Crippen molar-refractivity contribution in [3.05, 3.63) is 0 Å². The molecule has 0 heterocycles. The number of carbonyl (C=O) groups excluding carboxylic acids is 1. The van der Waals surface area contributed by atoms with Crippen LogP contribution < -0.4 is 0 Å². The SMILES string of the molecule is CN(C(=O)O)C1(CC=O)CC1. The van der Waals surface area contributed by atoms with Crippen molar-refractivity contribution in [3.8, 4) is 0 Å². The Labute approximate surface area is 64.8 Å². The fourth-order valence-electron chi connectivity index (χ4n) is 1.18. The van der Waals surface area contributed by atoms with Crippen LogP contribution in [0.4, 0.5) is 4.79 Å². The van der Waals surface area contributed by atoms with E-state index in [-0.39, 0.29) is 5.54 Å². The number of rotatable bonds is 3. The van der Waals surface area contributed by atoms with Gasteiger partial charge in [-0.3, -0.25) is 0 Å². The van der Waals surface area contributed by atoms with Crippen LogP contribution in [0.1, 0.15) is 19.3 Å². The molecule has 1 rings (SSSR count). The van der Waals surface area contributed by atoms with Crippen LogP contribution in [-0.2, 0) is 4.79 Å². The summed E-state index contributed by atoms with van der Waals surface area (Å²) < 4.78 is 0. The topological polar surface area (TPSA) is 57.6 Å². The molecule has 0 saturated heterocycles. The molecule has 0 spiro atoms. The Morgan fingerprint density at radius 3 is 2.55 bits per heavy atom. The molecule has 11 heavy (non-hydrogen) atoms. The van der Waals surface area contributed by atoms with Gasteiger partial charge >= 0.3 is 6.09 Å². The molecule has 4 heteroatoms. The fraction of sp³-hybridized carbons (Fsp3) is 0.714. The zero-order chi connectivity index (χ0) is 8.48. The van der Waals surface area contributed by atoms with Crippen molar-refractivity contribution in [2.24, 2.45) is 0 Å². The highest BCUT2D eigenvalue weighted by molar-refractivity contribution is 5.68. The first-order valence-electron chi connectivity index (χ1n) is 3.53. The zero-order valence-corrected chi connectivity index (χ0v) is 6.41. The molecule has 0 aliphatic heterocycles. The number of nitrogens with zero attached hydrogens (tertiary/aromatic N) is 1. The summed E-state index contributed by atoms with van der Waals surface area (Å²) in [7, 11) is 1.51. The Balaban J connectivity index is 2.57. The molecule has 0 aromatic carbocycles. The molecule has 0 aromatic heterocycles. The number of carboxylic acid groups (broad SMARTS) is 1. The van der Waals surface area contributed by atoms with Gasteiger partial charge in [0.15, 0.2) is 0 Å². The van der Waals surface area contributed by atoms with Crippen LogP contribution >= 0.6 is 0 Å². The lowest BCUT2D eigenvalue weighted by molar-refractivity contribution is -0.108. The van der Waals surface area contributed by atoms with Gasteiger partial charge in [-0.2, -0.15) is 0 Å². The highest BCUT2D eigenvalue weighted by Gasteiger charge is 2.48. The minimum absolute atomic E-state index is 0.329. The van der Waals surface area contributed by atoms with E-state index in [0.717, 1.165) is 19.1 Å². The summed E-state index contributed by atoms with van der Waals surface area (Å²) in [4.78, 5) is 21.9. The average molecular weight is 157 g/mol. The molecule has 1 saturated carbocycles. The highest BCUT2D eigenvalue weighted by atomic mass is 16.4. The number of carbonyl (C=O) groups is 2. The van der Waals surface area contributed by atoms with Gasteiger partial charge in [0.2, 0.25) is 0 Å². The van der Waals surface area contributed by atoms with E-state index in [2.05, 4.69) is 0 Å². The maximum atomic E-state index is 10.5. The smallest absolute Gasteiger partial charge is 0.407 e. The van der Waals surface area contributed by atoms with Crippen LogP contribution in [0.25, 0.3) is 0 Å². The summed E-state index contributed by atoms with van der Waals surface area (Å²) in [6, 6.07) is 0. The Hall–Kier alpha value is -1.06. The molecular weight excluding hydrogens is 146 g/mol. The quantitative estimate of drug-likeness (QED) is 0.614. The van der Waals surface area contributed by atoms with Gasteiger partial charge in [0.05, 0.1) is 5.54 Å². The third-order valence-corrected chi connectivity index (χ3v) is 2.29. The molecule has 1 amide bonds. The maximum Gasteiger partial charge on any atom is 0.407 e. The predicted molar refractivity (Wildman–Crippen MR) is 38.4 cm³/mol. The number of hydrogen-bond donors (Lipinski definition) is 1. The predicted octanol–water partition coefficient (Wildman–Crippen LogP) is 0.718. The van der Waals surface area contributed by atoms with Crippen LogP contribution in [0.3, 0.4) is 0 Å². The van der Waals surface area contributed by atoms with Crippen molar-refractivity contribution in [1.82, 2.24) is 4.90 Å². The molecule has 1 N–H and O–H groups in total. The Morgan fingerprint density at radius 2 is 2.27 bits per heavy atom. The Bertz CT molecular complexity index is 186. The van der Waals surface area contributed by atoms with Gasteiger partial charge in [0.1, 0.15) is 6.29 Å². The number of aldehydes is 1. The van der Waals surface area contributed by atoms with Crippen LogP contribution in [0.15, 0.2) is 0 Å². The lowest BCUT2D eigenvalue weighted by atomic mass is 10.2. The van der Waals surface area contributed by atoms with E-state index in [1.165, 1.54) is 11.9 Å². The third-order valence-electron chi connectivity index (χ3n) is 2.29. The lowest BCUT2D eigenvalue weighted by Crippen LogP contribution is -2.38. The summed E-state index contributed by atoms with van der Waals surface area (Å²) in [5, 5.41) is 8.59. The molecule has 62 valence electrons. The molecular formula is C7H11NO3. The van der Waals surface area contributed by atoms with Crippen molar-refractivity contribution >= 4 is 12.4 Å². The molecule has 0 radical (unpaired) electrons. The van der Waals surface area contributed by atoms with E-state index in [4.69, 9.17) is 5.11 Å². The molecule has 1 aliphatic rings. The van der Waals surface area contributed by atoms with Gasteiger partial charge in [0.25, 0.3) is 0 Å². The number of hydrogen-bond acceptors (Lipinski definition) is 2. The van der Waals surface area contributed by atoms with E-state index in [1.54, 1.807) is 0 Å². The zero-order valence-electron chi connectivity index (χ0n) is 6.41. The standard InChI is InChI=1S/C7H11NO3/c1-8(6(10)11)7(2-3-7)4-5-9/h5H,2-4H2,1H3,(H,10,11). The second-order valence-electron chi connectivity index (χ2n) is 2.94. The Kier molecular flexibility index (Phi) is 1.85. The second-order valence-corrected chi connectivity index (χ2v) is 2.94. The third kappa shape index (κ3) is 1.34. The van der Waals surface area contributed by atoms with Crippen molar-refractivity contribution in [3.63, 3.8) is 0 Å². The molecule has 4 nitrogen and oxygen atoms in total. The van der Waals surface area contributed by atoms with Crippen molar-refractivity contribution in [2.75, 3.05) is 7.05 Å². The lowest BCUT2D eigenvalue weighted by Gasteiger charge is -2.22. The summed E-state index contributed by atoms with van der Waals surface area (Å²) >= 11 is 0. The summed E-state index contributed by atoms with van der Waals surface area (Å²) in [6.07, 6.45) is 1.79. The van der Waals surface area contributed by atoms with Gasteiger partial charge in [0, 0.05) is 13.5 Å². The van der Waals surface area contributed by atoms with Gasteiger partial charge in [-0.1, -0.05) is 0 Å². The van der Waals surface area contributed by atoms with E-state index in [0.29, 0.717) is 6.42 Å². The average Bonchev–Trinajstić information content (AvgIpc) is 2.69. The van der Waals surface area contributed by atoms with Crippen molar-refractivity contribution in [2.45, 2.75) is 24.8 Å². The van der Waals surface area contributed by atoms with E-state index in [1.807, 2.05) is 0 Å². The molecule has 0 atom stereocenters. The molecule has 0 unspecified atom stereocenters. The largest absolute Gasteiger partial charge is 0.465 e. The highest BCUT2D eigenvalue weighted by Crippen LogP contribution is 2.43. The first-order valence-corrected chi connectivity index (χ1v) is 3.53. The van der Waals surface area contributed by atoms with Crippen LogP contribution in [0.5, 0.6) is 0 Å². The minimum atomic E-state index is -0.954. The molecule has 0 bridgehead atoms. The normalized spacial score (nSPS) is 19.0. The maximum absolute atomic E-state index is 10.5. The summed E-state index contributed by atoms with van der Waals surface area (Å²) in [5.74, 6) is 0. The van der Waals surface area contributed by atoms with Gasteiger partial charge in [-0.05, 0) is 12.8 Å². The first kappa shape index (κ1) is 8.04. The van der Waals surface area contributed by atoms with Gasteiger partial charge in [-0.15, -0.1) is 0 Å². The van der Waals surface area contributed by atoms with Crippen LogP contribution in [0, 0.1) is 0 Å². The van der Waals surface area contributed by atoms with Gasteiger partial charge < -0.3 is 14.8 Å². The molecule has 1 aliphatic carbocycles.